The first-order valence-electron chi connectivity index (χ1n) is 8.32. The van der Waals surface area contributed by atoms with Crippen molar-refractivity contribution in [1.82, 2.24) is 4.98 Å². The van der Waals surface area contributed by atoms with Crippen molar-refractivity contribution in [3.05, 3.63) is 73.7 Å². The molecular formula is C19H16ClN3O4S2. The number of amides is 1. The first kappa shape index (κ1) is 21.1. The van der Waals surface area contributed by atoms with E-state index in [1.807, 2.05) is 24.3 Å². The van der Waals surface area contributed by atoms with E-state index in [0.29, 0.717) is 27.2 Å². The van der Waals surface area contributed by atoms with Crippen LogP contribution in [0, 0.1) is 10.1 Å². The molecule has 150 valence electrons. The molecular weight excluding hydrogens is 434 g/mol. The fourth-order valence-electron chi connectivity index (χ4n) is 2.64. The fraction of sp³-hybridized carbons (Fsp3) is 0.158. The van der Waals surface area contributed by atoms with Gasteiger partial charge in [0.25, 0.3) is 11.6 Å². The van der Waals surface area contributed by atoms with Crippen molar-refractivity contribution in [1.29, 1.82) is 0 Å². The highest BCUT2D eigenvalue weighted by Gasteiger charge is 2.24. The molecule has 0 fully saturated rings. The van der Waals surface area contributed by atoms with E-state index in [0.717, 1.165) is 10.4 Å². The van der Waals surface area contributed by atoms with Gasteiger partial charge in [0.15, 0.2) is 5.13 Å². The third kappa shape index (κ3) is 4.87. The van der Waals surface area contributed by atoms with Crippen LogP contribution >= 0.6 is 34.7 Å². The Hall–Kier alpha value is -2.62. The van der Waals surface area contributed by atoms with E-state index < -0.39 is 10.8 Å². The zero-order valence-electron chi connectivity index (χ0n) is 15.5. The van der Waals surface area contributed by atoms with Crippen LogP contribution in [0.15, 0.2) is 47.5 Å². The lowest BCUT2D eigenvalue weighted by Gasteiger charge is -2.09. The number of nitrogens with one attached hydrogen (secondary N) is 1. The predicted octanol–water partition coefficient (Wildman–Crippen LogP) is 5.28. The van der Waals surface area contributed by atoms with Gasteiger partial charge < -0.3 is 4.74 Å². The molecule has 0 saturated carbocycles. The molecule has 0 spiro atoms. The molecule has 0 unspecified atom stereocenters. The van der Waals surface area contributed by atoms with Crippen LogP contribution in [0.25, 0.3) is 0 Å². The number of methoxy groups -OCH3 is 1. The number of nitrogens with zero attached hydrogens (tertiary/aromatic N) is 2. The number of benzene rings is 2. The van der Waals surface area contributed by atoms with Gasteiger partial charge >= 0.3 is 0 Å². The highest BCUT2D eigenvalue weighted by molar-refractivity contribution is 7.98. The number of nitro groups is 1. The third-order valence-electron chi connectivity index (χ3n) is 4.04. The minimum Gasteiger partial charge on any atom is -0.495 e. The number of halogens is 1. The van der Waals surface area contributed by atoms with Crippen molar-refractivity contribution in [2.75, 3.05) is 18.7 Å². The number of rotatable bonds is 7. The van der Waals surface area contributed by atoms with E-state index in [4.69, 9.17) is 16.3 Å². The largest absolute Gasteiger partial charge is 0.495 e. The molecule has 1 amide bonds. The highest BCUT2D eigenvalue weighted by Crippen LogP contribution is 2.35. The van der Waals surface area contributed by atoms with Crippen molar-refractivity contribution < 1.29 is 14.5 Å². The van der Waals surface area contributed by atoms with Crippen LogP contribution in [0.1, 0.15) is 20.8 Å². The third-order valence-corrected chi connectivity index (χ3v) is 6.08. The van der Waals surface area contributed by atoms with E-state index >= 15 is 0 Å². The monoisotopic (exact) mass is 449 g/mol. The number of nitro benzene ring substituents is 1. The summed E-state index contributed by atoms with van der Waals surface area (Å²) in [6.45, 7) is 0. The van der Waals surface area contributed by atoms with Gasteiger partial charge in [-0.05, 0) is 24.0 Å². The molecule has 29 heavy (non-hydrogen) atoms. The summed E-state index contributed by atoms with van der Waals surface area (Å²) in [5.41, 5.74) is 0.569. The summed E-state index contributed by atoms with van der Waals surface area (Å²) in [6.07, 6.45) is 4.03. The van der Waals surface area contributed by atoms with Gasteiger partial charge in [0.05, 0.1) is 23.0 Å². The first-order chi connectivity index (χ1) is 13.9. The van der Waals surface area contributed by atoms with E-state index in [1.54, 1.807) is 12.5 Å². The topological polar surface area (TPSA) is 94.4 Å². The number of thioether (sulfide) groups is 1. The van der Waals surface area contributed by atoms with Crippen LogP contribution in [0.3, 0.4) is 0 Å². The lowest BCUT2D eigenvalue weighted by atomic mass is 10.1. The van der Waals surface area contributed by atoms with Crippen molar-refractivity contribution in [3.63, 3.8) is 0 Å². The van der Waals surface area contributed by atoms with Gasteiger partial charge in [0, 0.05) is 22.5 Å². The lowest BCUT2D eigenvalue weighted by molar-refractivity contribution is -0.385. The Bertz CT molecular complexity index is 1070. The maximum absolute atomic E-state index is 12.7. The quantitative estimate of drug-likeness (QED) is 0.299. The summed E-state index contributed by atoms with van der Waals surface area (Å²) >= 11 is 8.81. The zero-order chi connectivity index (χ0) is 21.0. The average molecular weight is 450 g/mol. The molecule has 0 bridgehead atoms. The van der Waals surface area contributed by atoms with Gasteiger partial charge in [-0.15, -0.1) is 23.1 Å². The summed E-state index contributed by atoms with van der Waals surface area (Å²) in [5, 5.41) is 15.1. The number of anilines is 1. The second-order valence-electron chi connectivity index (χ2n) is 5.84. The number of carbonyl (C=O) groups is 1. The van der Waals surface area contributed by atoms with Gasteiger partial charge in [-0.3, -0.25) is 20.2 Å². The maximum atomic E-state index is 12.7. The molecule has 3 rings (SSSR count). The molecule has 0 atom stereocenters. The normalized spacial score (nSPS) is 10.6. The SMILES string of the molecule is COc1cc([N+](=O)[O-])c(C(=O)Nc2ncc(Cc3ccccc3Cl)s2)cc1SC. The molecule has 1 aromatic heterocycles. The molecule has 7 nitrogen and oxygen atoms in total. The van der Waals surface area contributed by atoms with Crippen molar-refractivity contribution in [2.24, 2.45) is 0 Å². The average Bonchev–Trinajstić information content (AvgIpc) is 3.15. The smallest absolute Gasteiger partial charge is 0.285 e. The van der Waals surface area contributed by atoms with Crippen LogP contribution in [0.5, 0.6) is 5.75 Å². The standard InChI is InChI=1S/C19H16ClN3O4S2/c1-27-16-9-15(23(25)26)13(8-17(16)28-2)18(24)22-19-21-10-12(29-19)7-11-5-3-4-6-14(11)20/h3-6,8-10H,7H2,1-2H3,(H,21,22,24). The van der Waals surface area contributed by atoms with Crippen LogP contribution < -0.4 is 10.1 Å². The molecule has 0 radical (unpaired) electrons. The van der Waals surface area contributed by atoms with Crippen LogP contribution in [0.4, 0.5) is 10.8 Å². The van der Waals surface area contributed by atoms with Crippen molar-refractivity contribution in [2.45, 2.75) is 11.3 Å². The first-order valence-corrected chi connectivity index (χ1v) is 10.7. The van der Waals surface area contributed by atoms with E-state index in [2.05, 4.69) is 10.3 Å². The van der Waals surface area contributed by atoms with Gasteiger partial charge in [-0.2, -0.15) is 0 Å². The summed E-state index contributed by atoms with van der Waals surface area (Å²) in [6, 6.07) is 10.2. The lowest BCUT2D eigenvalue weighted by Crippen LogP contribution is -2.14. The number of carbonyl (C=O) groups excluding carboxylic acids is 1. The second kappa shape index (κ2) is 9.25. The molecule has 2 aromatic carbocycles. The van der Waals surface area contributed by atoms with E-state index in [9.17, 15) is 14.9 Å². The molecule has 0 aliphatic carbocycles. The number of hydrogen-bond donors (Lipinski definition) is 1. The minimum absolute atomic E-state index is 0.0528. The Morgan fingerprint density at radius 2 is 2.14 bits per heavy atom. The zero-order valence-corrected chi connectivity index (χ0v) is 17.9. The van der Waals surface area contributed by atoms with Gasteiger partial charge in [-0.25, -0.2) is 4.98 Å². The Kier molecular flexibility index (Phi) is 6.73. The van der Waals surface area contributed by atoms with Crippen LogP contribution in [0.2, 0.25) is 5.02 Å². The molecule has 0 saturated heterocycles. The maximum Gasteiger partial charge on any atom is 0.285 e. The number of thiazole rings is 1. The number of hydrogen-bond acceptors (Lipinski definition) is 7. The summed E-state index contributed by atoms with van der Waals surface area (Å²) in [7, 11) is 1.43. The van der Waals surface area contributed by atoms with Crippen molar-refractivity contribution in [3.8, 4) is 5.75 Å². The van der Waals surface area contributed by atoms with Crippen LogP contribution in [-0.4, -0.2) is 29.2 Å². The molecule has 3 aromatic rings. The van der Waals surface area contributed by atoms with Crippen molar-refractivity contribution >= 4 is 51.4 Å². The molecule has 1 N–H and O–H groups in total. The molecule has 0 aliphatic rings. The number of aromatic nitrogens is 1. The number of ether oxygens (including phenoxy) is 1. The fourth-order valence-corrected chi connectivity index (χ4v) is 4.25. The van der Waals surface area contributed by atoms with Gasteiger partial charge in [0.2, 0.25) is 0 Å². The summed E-state index contributed by atoms with van der Waals surface area (Å²) in [4.78, 5) is 29.3. The minimum atomic E-state index is -0.605. The highest BCUT2D eigenvalue weighted by atomic mass is 35.5. The predicted molar refractivity (Wildman–Crippen MR) is 116 cm³/mol. The van der Waals surface area contributed by atoms with E-state index in [1.165, 1.54) is 42.3 Å². The summed E-state index contributed by atoms with van der Waals surface area (Å²) in [5.74, 6) is -0.259. The Balaban J connectivity index is 1.83. The molecule has 0 aliphatic heterocycles. The van der Waals surface area contributed by atoms with Gasteiger partial charge in [-0.1, -0.05) is 29.8 Å². The molecule has 10 heteroatoms. The van der Waals surface area contributed by atoms with Crippen LogP contribution in [-0.2, 0) is 6.42 Å². The Labute approximate surface area is 180 Å². The Morgan fingerprint density at radius 3 is 2.79 bits per heavy atom. The molecule has 1 heterocycles. The summed E-state index contributed by atoms with van der Waals surface area (Å²) < 4.78 is 5.17. The Morgan fingerprint density at radius 1 is 1.38 bits per heavy atom. The second-order valence-corrected chi connectivity index (χ2v) is 8.21. The van der Waals surface area contributed by atoms with E-state index in [-0.39, 0.29) is 11.3 Å². The van der Waals surface area contributed by atoms with Gasteiger partial charge in [0.1, 0.15) is 11.3 Å².